The van der Waals surface area contributed by atoms with Gasteiger partial charge in [0, 0.05) is 17.1 Å². The molecule has 2 heterocycles. The number of halogens is 1. The summed E-state index contributed by atoms with van der Waals surface area (Å²) in [5.74, 6) is 3.17. The van der Waals surface area contributed by atoms with Crippen molar-refractivity contribution in [3.8, 4) is 23.0 Å². The summed E-state index contributed by atoms with van der Waals surface area (Å²) in [4.78, 5) is 2.40. The van der Waals surface area contributed by atoms with E-state index in [1.807, 2.05) is 6.07 Å². The van der Waals surface area contributed by atoms with E-state index in [0.29, 0.717) is 6.79 Å². The number of fused-ring (bicyclic) bond motifs is 2. The molecule has 26 heavy (non-hydrogen) atoms. The molecule has 1 unspecified atom stereocenters. The number of hydrogen-bond donors (Lipinski definition) is 0. The second-order valence-electron chi connectivity index (χ2n) is 6.65. The summed E-state index contributed by atoms with van der Waals surface area (Å²) in [7, 11) is 5.49. The number of ether oxygens (including phenoxy) is 4. The summed E-state index contributed by atoms with van der Waals surface area (Å²) < 4.78 is 23.0. The van der Waals surface area contributed by atoms with E-state index in [1.54, 1.807) is 14.2 Å². The van der Waals surface area contributed by atoms with Crippen LogP contribution in [-0.4, -0.2) is 39.5 Å². The highest BCUT2D eigenvalue weighted by molar-refractivity contribution is 9.10. The molecule has 5 nitrogen and oxygen atoms in total. The van der Waals surface area contributed by atoms with Gasteiger partial charge in [0.15, 0.2) is 23.0 Å². The van der Waals surface area contributed by atoms with Crippen molar-refractivity contribution in [2.24, 2.45) is 0 Å². The van der Waals surface area contributed by atoms with Gasteiger partial charge in [0.1, 0.15) is 0 Å². The van der Waals surface area contributed by atoms with Crippen molar-refractivity contribution >= 4 is 15.9 Å². The maximum Gasteiger partial charge on any atom is 0.231 e. The standard InChI is InChI=1S/C20H22BrNO4/c1-22-5-4-12-7-19-20(26-11-25-19)9-14(12)16(22)6-13-8-17(23-2)18(24-3)10-15(13)21/h7-10,16H,4-6,11H2,1-3H3. The number of rotatable bonds is 4. The third-order valence-corrected chi connectivity index (χ3v) is 5.96. The lowest BCUT2D eigenvalue weighted by molar-refractivity contribution is 0.174. The second-order valence-corrected chi connectivity index (χ2v) is 7.51. The Kier molecular flexibility index (Phi) is 4.71. The molecule has 0 aliphatic carbocycles. The number of methoxy groups -OCH3 is 2. The van der Waals surface area contributed by atoms with Crippen LogP contribution in [0.3, 0.4) is 0 Å². The molecule has 2 aliphatic heterocycles. The molecule has 6 heteroatoms. The second kappa shape index (κ2) is 7.00. The van der Waals surface area contributed by atoms with Crippen molar-refractivity contribution in [1.29, 1.82) is 0 Å². The number of benzene rings is 2. The van der Waals surface area contributed by atoms with Crippen molar-refractivity contribution in [2.45, 2.75) is 18.9 Å². The molecular formula is C20H22BrNO4. The van der Waals surface area contributed by atoms with E-state index in [0.717, 1.165) is 46.9 Å². The van der Waals surface area contributed by atoms with Gasteiger partial charge in [-0.05, 0) is 60.8 Å². The minimum absolute atomic E-state index is 0.266. The first-order chi connectivity index (χ1) is 12.6. The quantitative estimate of drug-likeness (QED) is 0.749. The van der Waals surface area contributed by atoms with Gasteiger partial charge in [0.05, 0.1) is 14.2 Å². The lowest BCUT2D eigenvalue weighted by Crippen LogP contribution is -2.33. The Labute approximate surface area is 161 Å². The van der Waals surface area contributed by atoms with E-state index in [1.165, 1.54) is 16.7 Å². The highest BCUT2D eigenvalue weighted by Crippen LogP contribution is 2.42. The van der Waals surface area contributed by atoms with Crippen LogP contribution in [0.25, 0.3) is 0 Å². The van der Waals surface area contributed by atoms with Crippen LogP contribution in [0.1, 0.15) is 22.7 Å². The molecule has 2 aliphatic rings. The van der Waals surface area contributed by atoms with Gasteiger partial charge >= 0.3 is 0 Å². The van der Waals surface area contributed by atoms with E-state index in [2.05, 4.69) is 46.1 Å². The zero-order chi connectivity index (χ0) is 18.3. The zero-order valence-corrected chi connectivity index (χ0v) is 16.8. The molecule has 2 aromatic carbocycles. The van der Waals surface area contributed by atoms with Gasteiger partial charge in [0.2, 0.25) is 6.79 Å². The van der Waals surface area contributed by atoms with E-state index < -0.39 is 0 Å². The van der Waals surface area contributed by atoms with E-state index in [9.17, 15) is 0 Å². The summed E-state index contributed by atoms with van der Waals surface area (Å²) >= 11 is 3.69. The van der Waals surface area contributed by atoms with Crippen LogP contribution in [-0.2, 0) is 12.8 Å². The molecule has 0 spiro atoms. The molecule has 0 aromatic heterocycles. The molecule has 138 valence electrons. The monoisotopic (exact) mass is 419 g/mol. The molecule has 0 bridgehead atoms. The Morgan fingerprint density at radius 2 is 1.77 bits per heavy atom. The summed E-state index contributed by atoms with van der Waals surface area (Å²) in [6.07, 6.45) is 1.89. The Morgan fingerprint density at radius 1 is 1.08 bits per heavy atom. The lowest BCUT2D eigenvalue weighted by Gasteiger charge is -2.35. The van der Waals surface area contributed by atoms with Crippen LogP contribution in [0.4, 0.5) is 0 Å². The van der Waals surface area contributed by atoms with Gasteiger partial charge in [-0.15, -0.1) is 0 Å². The summed E-state index contributed by atoms with van der Waals surface area (Å²) in [6, 6.07) is 8.58. The van der Waals surface area contributed by atoms with Crippen LogP contribution in [0.15, 0.2) is 28.7 Å². The van der Waals surface area contributed by atoms with E-state index in [-0.39, 0.29) is 6.04 Å². The first kappa shape index (κ1) is 17.5. The minimum Gasteiger partial charge on any atom is -0.493 e. The van der Waals surface area contributed by atoms with Crippen LogP contribution >= 0.6 is 15.9 Å². The number of nitrogens with zero attached hydrogens (tertiary/aromatic N) is 1. The van der Waals surface area contributed by atoms with Gasteiger partial charge in [-0.1, -0.05) is 15.9 Å². The first-order valence-corrected chi connectivity index (χ1v) is 9.43. The molecule has 0 radical (unpaired) electrons. The fourth-order valence-corrected chi connectivity index (χ4v) is 4.23. The van der Waals surface area contributed by atoms with Crippen LogP contribution in [0, 0.1) is 0 Å². The van der Waals surface area contributed by atoms with Crippen molar-refractivity contribution in [3.05, 3.63) is 45.4 Å². The predicted octanol–water partition coefficient (Wildman–Crippen LogP) is 3.97. The van der Waals surface area contributed by atoms with Crippen LogP contribution in [0.5, 0.6) is 23.0 Å². The molecular weight excluding hydrogens is 398 g/mol. The Bertz CT molecular complexity index is 839. The minimum atomic E-state index is 0.266. The van der Waals surface area contributed by atoms with Crippen LogP contribution < -0.4 is 18.9 Å². The van der Waals surface area contributed by atoms with Crippen molar-refractivity contribution in [2.75, 3.05) is 34.6 Å². The molecule has 2 aromatic rings. The highest BCUT2D eigenvalue weighted by atomic mass is 79.9. The predicted molar refractivity (Wildman–Crippen MR) is 103 cm³/mol. The average Bonchev–Trinajstić information content (AvgIpc) is 3.10. The molecule has 4 rings (SSSR count). The van der Waals surface area contributed by atoms with Crippen LogP contribution in [0.2, 0.25) is 0 Å². The van der Waals surface area contributed by atoms with E-state index in [4.69, 9.17) is 18.9 Å². The molecule has 0 fully saturated rings. The molecule has 0 saturated carbocycles. The topological polar surface area (TPSA) is 40.2 Å². The third kappa shape index (κ3) is 3.01. The summed E-state index contributed by atoms with van der Waals surface area (Å²) in [5.41, 5.74) is 3.84. The van der Waals surface area contributed by atoms with Gasteiger partial charge in [-0.25, -0.2) is 0 Å². The van der Waals surface area contributed by atoms with Crippen molar-refractivity contribution in [3.63, 3.8) is 0 Å². The normalized spacial score (nSPS) is 18.5. The third-order valence-electron chi connectivity index (χ3n) is 5.23. The summed E-state index contributed by atoms with van der Waals surface area (Å²) in [5, 5.41) is 0. The molecule has 0 N–H and O–H groups in total. The Balaban J connectivity index is 1.71. The first-order valence-electron chi connectivity index (χ1n) is 8.63. The fraction of sp³-hybridized carbons (Fsp3) is 0.400. The maximum absolute atomic E-state index is 5.60. The van der Waals surface area contributed by atoms with Crippen molar-refractivity contribution < 1.29 is 18.9 Å². The van der Waals surface area contributed by atoms with Crippen molar-refractivity contribution in [1.82, 2.24) is 4.90 Å². The highest BCUT2D eigenvalue weighted by Gasteiger charge is 2.29. The number of likely N-dealkylation sites (N-methyl/N-ethyl adjacent to an activating group) is 1. The SMILES string of the molecule is COc1cc(Br)c(CC2c3cc4c(cc3CCN2C)OCO4)cc1OC. The van der Waals surface area contributed by atoms with Gasteiger partial charge in [-0.3, -0.25) is 4.90 Å². The zero-order valence-electron chi connectivity index (χ0n) is 15.2. The van der Waals surface area contributed by atoms with E-state index >= 15 is 0 Å². The van der Waals surface area contributed by atoms with Gasteiger partial charge < -0.3 is 18.9 Å². The molecule has 0 saturated heterocycles. The lowest BCUT2D eigenvalue weighted by atomic mass is 9.88. The molecule has 0 amide bonds. The maximum atomic E-state index is 5.60. The average molecular weight is 420 g/mol. The number of hydrogen-bond acceptors (Lipinski definition) is 5. The largest absolute Gasteiger partial charge is 0.493 e. The Hall–Kier alpha value is -1.92. The Morgan fingerprint density at radius 3 is 2.50 bits per heavy atom. The van der Waals surface area contributed by atoms with Gasteiger partial charge in [-0.2, -0.15) is 0 Å². The summed E-state index contributed by atoms with van der Waals surface area (Å²) in [6.45, 7) is 1.32. The fourth-order valence-electron chi connectivity index (χ4n) is 3.74. The molecule has 1 atom stereocenters. The van der Waals surface area contributed by atoms with Gasteiger partial charge in [0.25, 0.3) is 0 Å². The smallest absolute Gasteiger partial charge is 0.231 e.